The van der Waals surface area contributed by atoms with Gasteiger partial charge in [-0.1, -0.05) is 57.0 Å². The number of amides is 2. The molecule has 1 heterocycles. The molecule has 2 aromatic carbocycles. The zero-order valence-electron chi connectivity index (χ0n) is 24.4. The van der Waals surface area contributed by atoms with E-state index in [4.69, 9.17) is 27.9 Å². The van der Waals surface area contributed by atoms with E-state index >= 15 is 0 Å². The number of ether oxygens (including phenoxy) is 1. The monoisotopic (exact) mass is 646 g/mol. The van der Waals surface area contributed by atoms with E-state index in [1.165, 1.54) is 29.2 Å². The molecule has 3 aromatic rings. The first-order valence-electron chi connectivity index (χ1n) is 14.1. The van der Waals surface area contributed by atoms with E-state index in [2.05, 4.69) is 31.4 Å². The van der Waals surface area contributed by atoms with E-state index < -0.39 is 5.25 Å². The van der Waals surface area contributed by atoms with Gasteiger partial charge in [0.25, 0.3) is 5.91 Å². The van der Waals surface area contributed by atoms with Crippen molar-refractivity contribution in [2.75, 3.05) is 17.2 Å². The van der Waals surface area contributed by atoms with Crippen molar-refractivity contribution in [1.29, 1.82) is 0 Å². The Morgan fingerprint density at radius 3 is 2.52 bits per heavy atom. The van der Waals surface area contributed by atoms with Crippen LogP contribution in [0.25, 0.3) is 0 Å². The predicted octanol–water partition coefficient (Wildman–Crippen LogP) is 9.14. The molecule has 0 fully saturated rings. The third-order valence-electron chi connectivity index (χ3n) is 7.42. The molecule has 0 aliphatic heterocycles. The summed E-state index contributed by atoms with van der Waals surface area (Å²) >= 11 is 15.1. The van der Waals surface area contributed by atoms with Gasteiger partial charge in [-0.3, -0.25) is 9.59 Å². The average Bonchev–Trinajstić information content (AvgIpc) is 3.28. The molecule has 0 saturated heterocycles. The van der Waals surface area contributed by atoms with Crippen molar-refractivity contribution in [2.24, 2.45) is 11.3 Å². The first kappa shape index (κ1) is 32.4. The number of nitrogens with one attached hydrogen (secondary N) is 2. The quantitative estimate of drug-likeness (QED) is 0.179. The summed E-state index contributed by atoms with van der Waals surface area (Å²) in [4.78, 5) is 41.4. The number of halogens is 2. The highest BCUT2D eigenvalue weighted by molar-refractivity contribution is 8.00. The van der Waals surface area contributed by atoms with Crippen LogP contribution < -0.4 is 10.6 Å². The molecule has 2 N–H and O–H groups in total. The fraction of sp³-hybridized carbons (Fsp3) is 0.406. The van der Waals surface area contributed by atoms with Gasteiger partial charge in [0.1, 0.15) is 5.00 Å². The van der Waals surface area contributed by atoms with Gasteiger partial charge in [0.05, 0.1) is 28.0 Å². The minimum absolute atomic E-state index is 0.161. The summed E-state index contributed by atoms with van der Waals surface area (Å²) < 4.78 is 5.40. The minimum atomic E-state index is -0.418. The van der Waals surface area contributed by atoms with E-state index in [-0.39, 0.29) is 34.8 Å². The van der Waals surface area contributed by atoms with Crippen LogP contribution in [0.1, 0.15) is 78.6 Å². The van der Waals surface area contributed by atoms with Gasteiger partial charge < -0.3 is 15.4 Å². The summed E-state index contributed by atoms with van der Waals surface area (Å²) in [6, 6.07) is 12.0. The van der Waals surface area contributed by atoms with E-state index in [9.17, 15) is 14.4 Å². The number of rotatable bonds is 9. The number of hydrogen-bond donors (Lipinski definition) is 2. The fourth-order valence-electron chi connectivity index (χ4n) is 5.03. The molecule has 0 saturated carbocycles. The topological polar surface area (TPSA) is 84.5 Å². The Bertz CT molecular complexity index is 1480. The van der Waals surface area contributed by atoms with Crippen molar-refractivity contribution < 1.29 is 19.1 Å². The first-order chi connectivity index (χ1) is 19.9. The van der Waals surface area contributed by atoms with Gasteiger partial charge in [-0.25, -0.2) is 4.79 Å². The smallest absolute Gasteiger partial charge is 0.341 e. The third kappa shape index (κ3) is 7.70. The highest BCUT2D eigenvalue weighted by Gasteiger charge is 2.35. The molecule has 2 amide bonds. The lowest BCUT2D eigenvalue weighted by Crippen LogP contribution is -2.27. The van der Waals surface area contributed by atoms with Crippen LogP contribution in [0.3, 0.4) is 0 Å². The lowest BCUT2D eigenvalue weighted by molar-refractivity contribution is -0.115. The summed E-state index contributed by atoms with van der Waals surface area (Å²) in [7, 11) is 0. The standard InChI is InChI=1S/C32H36Cl2N2O4S2/c1-6-25(41-21-10-8-9-20(17-21)35-28(37)22-14-12-19(33)16-24(22)34)29(38)36-30-27(31(39)40-7-2)23-13-11-18(32(3,4)5)15-26(23)42-30/h8-10,12,14,16-18,25H,6-7,11,13,15H2,1-5H3,(H,35,37)(H,36,38). The number of carbonyl (C=O) groups excluding carboxylic acids is 3. The molecular formula is C32H36Cl2N2O4S2. The molecule has 224 valence electrons. The molecule has 6 nitrogen and oxygen atoms in total. The maximum absolute atomic E-state index is 13.6. The Morgan fingerprint density at radius 2 is 1.86 bits per heavy atom. The lowest BCUT2D eigenvalue weighted by Gasteiger charge is -2.33. The molecule has 1 aliphatic rings. The van der Waals surface area contributed by atoms with Crippen molar-refractivity contribution in [3.8, 4) is 0 Å². The number of fused-ring (bicyclic) bond motifs is 1. The van der Waals surface area contributed by atoms with E-state index in [0.717, 1.165) is 34.6 Å². The Hall–Kier alpha value is -2.52. The summed E-state index contributed by atoms with van der Waals surface area (Å²) in [6.45, 7) is 10.8. The van der Waals surface area contributed by atoms with Gasteiger partial charge in [0.15, 0.2) is 0 Å². The Labute approximate surface area is 265 Å². The molecule has 10 heteroatoms. The van der Waals surface area contributed by atoms with Crippen LogP contribution in [0.2, 0.25) is 10.0 Å². The van der Waals surface area contributed by atoms with Crippen molar-refractivity contribution in [1.82, 2.24) is 0 Å². The minimum Gasteiger partial charge on any atom is -0.462 e. The van der Waals surface area contributed by atoms with E-state index in [1.807, 2.05) is 25.1 Å². The summed E-state index contributed by atoms with van der Waals surface area (Å²) in [5.41, 5.74) is 2.57. The van der Waals surface area contributed by atoms with Crippen LogP contribution in [0.4, 0.5) is 10.7 Å². The number of esters is 1. The van der Waals surface area contributed by atoms with Crippen LogP contribution in [0.5, 0.6) is 0 Å². The highest BCUT2D eigenvalue weighted by atomic mass is 35.5. The number of benzene rings is 2. The molecule has 0 bridgehead atoms. The second-order valence-corrected chi connectivity index (χ2v) is 14.6. The van der Waals surface area contributed by atoms with Crippen molar-refractivity contribution in [2.45, 2.75) is 70.4 Å². The SMILES string of the molecule is CCOC(=O)c1c(NC(=O)C(CC)Sc2cccc(NC(=O)c3ccc(Cl)cc3Cl)c2)sc2c1CCC(C(C)(C)C)C2. The summed E-state index contributed by atoms with van der Waals surface area (Å²) in [6.07, 6.45) is 3.25. The highest BCUT2D eigenvalue weighted by Crippen LogP contribution is 2.45. The van der Waals surface area contributed by atoms with Crippen LogP contribution in [-0.4, -0.2) is 29.6 Å². The van der Waals surface area contributed by atoms with Gasteiger partial charge in [-0.05, 0) is 85.9 Å². The average molecular weight is 648 g/mol. The summed E-state index contributed by atoms with van der Waals surface area (Å²) in [5.74, 6) is -0.416. The number of thioether (sulfide) groups is 1. The van der Waals surface area contributed by atoms with Gasteiger partial charge in [0.2, 0.25) is 5.91 Å². The van der Waals surface area contributed by atoms with E-state index in [0.29, 0.717) is 39.2 Å². The largest absolute Gasteiger partial charge is 0.462 e. The zero-order valence-corrected chi connectivity index (χ0v) is 27.6. The van der Waals surface area contributed by atoms with Gasteiger partial charge >= 0.3 is 5.97 Å². The third-order valence-corrected chi connectivity index (χ3v) is 10.5. The lowest BCUT2D eigenvalue weighted by atomic mass is 9.72. The van der Waals surface area contributed by atoms with Crippen LogP contribution in [0.15, 0.2) is 47.4 Å². The molecule has 0 spiro atoms. The van der Waals surface area contributed by atoms with Gasteiger partial charge in [-0.15, -0.1) is 23.1 Å². The van der Waals surface area contributed by atoms with Crippen LogP contribution in [0, 0.1) is 11.3 Å². The molecule has 4 rings (SSSR count). The van der Waals surface area contributed by atoms with Crippen molar-refractivity contribution >= 4 is 74.8 Å². The molecule has 1 aromatic heterocycles. The summed E-state index contributed by atoms with van der Waals surface area (Å²) in [5, 5.41) is 6.80. The fourth-order valence-corrected chi connectivity index (χ4v) is 7.86. The molecule has 1 aliphatic carbocycles. The maximum Gasteiger partial charge on any atom is 0.341 e. The number of hydrogen-bond acceptors (Lipinski definition) is 6. The van der Waals surface area contributed by atoms with Crippen molar-refractivity contribution in [3.63, 3.8) is 0 Å². The van der Waals surface area contributed by atoms with Crippen molar-refractivity contribution in [3.05, 3.63) is 74.1 Å². The van der Waals surface area contributed by atoms with E-state index in [1.54, 1.807) is 25.1 Å². The predicted molar refractivity (Wildman–Crippen MR) is 175 cm³/mol. The maximum atomic E-state index is 13.6. The Kier molecular flexibility index (Phi) is 10.7. The Balaban J connectivity index is 1.50. The molecule has 42 heavy (non-hydrogen) atoms. The molecule has 2 unspecified atom stereocenters. The van der Waals surface area contributed by atoms with Gasteiger partial charge in [0, 0.05) is 20.5 Å². The second kappa shape index (κ2) is 13.8. The molecule has 0 radical (unpaired) electrons. The van der Waals surface area contributed by atoms with Crippen LogP contribution >= 0.6 is 46.3 Å². The zero-order chi connectivity index (χ0) is 30.6. The molecular weight excluding hydrogens is 611 g/mol. The second-order valence-electron chi connectivity index (χ2n) is 11.3. The van der Waals surface area contributed by atoms with Crippen LogP contribution in [-0.2, 0) is 22.4 Å². The van der Waals surface area contributed by atoms with Gasteiger partial charge in [-0.2, -0.15) is 0 Å². The first-order valence-corrected chi connectivity index (χ1v) is 16.5. The number of anilines is 2. The Morgan fingerprint density at radius 1 is 1.10 bits per heavy atom. The normalized spacial score (nSPS) is 15.5. The number of carbonyl (C=O) groups is 3. The molecule has 2 atom stereocenters. The number of thiophene rings is 1.